The molecular formula is C30H28ClIrP3+. The van der Waals surface area contributed by atoms with E-state index < -0.39 is 7.92 Å². The molecule has 5 rings (SSSR count). The van der Waals surface area contributed by atoms with Gasteiger partial charge >= 0.3 is 27.5 Å². The number of hydrogen-bond acceptors (Lipinski definition) is 0. The standard InChI is InChI=1S/C18H15P.C12H8.ClH.Ir.H4P2/c1-4-10-16(11-5-1)19(17-12-6-2-7-13-17)18-14-8-3-9-15-18;1-3-7-11(8-4-1)12-9-5-2-6-10-12;;;1-2/h1-15H;1-7,9H;1H;;1-2H2/q;-2;;+3;. The SMILES string of the molecule is PP.[Cl][Ir+2].[c-]1ccccc1-c1[c-]cccc1.c1ccc([PH+](c2ccccc2)c2ccccc2)cc1. The van der Waals surface area contributed by atoms with E-state index in [1.807, 2.05) is 48.5 Å². The van der Waals surface area contributed by atoms with Gasteiger partial charge in [-0.3, -0.25) is 0 Å². The van der Waals surface area contributed by atoms with Gasteiger partial charge in [-0.05, 0) is 36.4 Å². The molecular weight excluding hydrogens is 681 g/mol. The predicted octanol–water partition coefficient (Wildman–Crippen LogP) is 7.47. The molecule has 5 aromatic rings. The molecule has 35 heavy (non-hydrogen) atoms. The molecule has 0 spiro atoms. The largest absolute Gasteiger partial charge is 0.226 e. The first-order valence-corrected chi connectivity index (χ1v) is 18.0. The fourth-order valence-electron chi connectivity index (χ4n) is 3.44. The molecule has 0 fully saturated rings. The van der Waals surface area contributed by atoms with Crippen LogP contribution in [-0.2, 0) is 17.9 Å². The van der Waals surface area contributed by atoms with Gasteiger partial charge in [0.15, 0.2) is 0 Å². The summed E-state index contributed by atoms with van der Waals surface area (Å²) >= 11 is 1.47. The van der Waals surface area contributed by atoms with E-state index in [1.165, 1.54) is 33.8 Å². The minimum absolute atomic E-state index is 0.877. The molecule has 0 saturated heterocycles. The van der Waals surface area contributed by atoms with E-state index in [2.05, 4.69) is 131 Å². The van der Waals surface area contributed by atoms with E-state index in [0.717, 1.165) is 11.1 Å². The summed E-state index contributed by atoms with van der Waals surface area (Å²) in [5.41, 5.74) is 2.19. The van der Waals surface area contributed by atoms with Gasteiger partial charge in [0.05, 0.1) is 7.92 Å². The van der Waals surface area contributed by atoms with Crippen LogP contribution in [0.25, 0.3) is 11.1 Å². The molecule has 2 atom stereocenters. The second kappa shape index (κ2) is 18.6. The Balaban J connectivity index is 0.000000233. The van der Waals surface area contributed by atoms with Gasteiger partial charge in [0.2, 0.25) is 0 Å². The predicted molar refractivity (Wildman–Crippen MR) is 161 cm³/mol. The van der Waals surface area contributed by atoms with E-state index >= 15 is 0 Å². The molecule has 2 unspecified atom stereocenters. The van der Waals surface area contributed by atoms with Crippen LogP contribution in [0.5, 0.6) is 0 Å². The molecule has 0 radical (unpaired) electrons. The molecule has 0 amide bonds. The van der Waals surface area contributed by atoms with Gasteiger partial charge in [0, 0.05) is 0 Å². The molecule has 0 aromatic heterocycles. The molecule has 0 aliphatic heterocycles. The quantitative estimate of drug-likeness (QED) is 0.134. The summed E-state index contributed by atoms with van der Waals surface area (Å²) in [6.07, 6.45) is 0. The Bertz CT molecular complexity index is 1030. The fourth-order valence-corrected chi connectivity index (χ4v) is 6.01. The smallest absolute Gasteiger partial charge is 0.102 e. The molecule has 0 N–H and O–H groups in total. The third-order valence-electron chi connectivity index (χ3n) is 4.90. The van der Waals surface area contributed by atoms with Crippen LogP contribution >= 0.6 is 35.4 Å². The minimum atomic E-state index is -0.877. The van der Waals surface area contributed by atoms with Crippen molar-refractivity contribution in [3.05, 3.63) is 152 Å². The fraction of sp³-hybridized carbons (Fsp3) is 0. The van der Waals surface area contributed by atoms with Crippen LogP contribution in [0.15, 0.2) is 140 Å². The van der Waals surface area contributed by atoms with Gasteiger partial charge in [-0.2, -0.15) is 48.5 Å². The number of rotatable bonds is 4. The third-order valence-corrected chi connectivity index (χ3v) is 7.63. The van der Waals surface area contributed by atoms with E-state index in [4.69, 9.17) is 0 Å². The molecule has 0 aliphatic rings. The summed E-state index contributed by atoms with van der Waals surface area (Å²) in [5, 5.41) is 4.31. The second-order valence-corrected chi connectivity index (χ2v) is 9.51. The zero-order valence-corrected chi connectivity index (χ0v) is 25.6. The first-order chi connectivity index (χ1) is 17.4. The van der Waals surface area contributed by atoms with Crippen molar-refractivity contribution in [1.82, 2.24) is 0 Å². The normalized spacial score (nSPS) is 9.40. The summed E-state index contributed by atoms with van der Waals surface area (Å²) in [7, 11) is 8.43. The summed E-state index contributed by atoms with van der Waals surface area (Å²) in [4.78, 5) is 0. The van der Waals surface area contributed by atoms with Gasteiger partial charge in [-0.15, -0.1) is 30.0 Å². The van der Waals surface area contributed by atoms with Crippen molar-refractivity contribution in [1.29, 1.82) is 0 Å². The molecule has 0 saturated carbocycles. The van der Waals surface area contributed by atoms with Crippen LogP contribution in [0.3, 0.4) is 0 Å². The van der Waals surface area contributed by atoms with E-state index in [1.54, 1.807) is 0 Å². The van der Waals surface area contributed by atoms with E-state index in [9.17, 15) is 0 Å². The Morgan fingerprint density at radius 3 is 1.00 bits per heavy atom. The van der Waals surface area contributed by atoms with Crippen molar-refractivity contribution in [2.24, 2.45) is 0 Å². The van der Waals surface area contributed by atoms with Gasteiger partial charge in [0.1, 0.15) is 15.9 Å². The van der Waals surface area contributed by atoms with Gasteiger partial charge in [-0.1, -0.05) is 54.6 Å². The molecule has 0 bridgehead atoms. The average Bonchev–Trinajstić information content (AvgIpc) is 2.98. The van der Waals surface area contributed by atoms with Crippen LogP contribution in [0, 0.1) is 12.1 Å². The third kappa shape index (κ3) is 10.1. The Hall–Kier alpha value is -1.67. The Morgan fingerprint density at radius 2 is 0.743 bits per heavy atom. The Morgan fingerprint density at radius 1 is 0.457 bits per heavy atom. The Labute approximate surface area is 230 Å². The molecule has 0 nitrogen and oxygen atoms in total. The summed E-state index contributed by atoms with van der Waals surface area (Å²) in [5.74, 6) is 0. The van der Waals surface area contributed by atoms with E-state index in [0.29, 0.717) is 0 Å². The maximum absolute atomic E-state index is 4.64. The van der Waals surface area contributed by atoms with Crippen LogP contribution in [-0.4, -0.2) is 0 Å². The van der Waals surface area contributed by atoms with Crippen LogP contribution in [0.4, 0.5) is 0 Å². The van der Waals surface area contributed by atoms with Crippen LogP contribution in [0.2, 0.25) is 0 Å². The first-order valence-electron chi connectivity index (χ1n) is 10.8. The van der Waals surface area contributed by atoms with Crippen molar-refractivity contribution in [2.45, 2.75) is 0 Å². The zero-order valence-electron chi connectivity index (χ0n) is 19.1. The maximum atomic E-state index is 4.64. The molecule has 5 heteroatoms. The first kappa shape index (κ1) is 29.6. The molecule has 178 valence electrons. The minimum Gasteiger partial charge on any atom is -0.226 e. The number of halogens is 1. The molecule has 0 heterocycles. The average molecular weight is 709 g/mol. The molecule has 5 aromatic carbocycles. The van der Waals surface area contributed by atoms with Crippen molar-refractivity contribution in [3.63, 3.8) is 0 Å². The van der Waals surface area contributed by atoms with Crippen molar-refractivity contribution in [3.8, 4) is 11.1 Å². The Kier molecular flexibility index (Phi) is 15.7. The second-order valence-electron chi connectivity index (χ2n) is 7.03. The van der Waals surface area contributed by atoms with Gasteiger partial charge in [-0.25, -0.2) is 11.1 Å². The van der Waals surface area contributed by atoms with Crippen molar-refractivity contribution in [2.75, 3.05) is 0 Å². The molecule has 0 aliphatic carbocycles. The monoisotopic (exact) mass is 709 g/mol. The number of hydrogen-bond donors (Lipinski definition) is 0. The number of benzene rings is 5. The van der Waals surface area contributed by atoms with Gasteiger partial charge in [0.25, 0.3) is 0 Å². The van der Waals surface area contributed by atoms with Crippen LogP contribution in [0.1, 0.15) is 0 Å². The summed E-state index contributed by atoms with van der Waals surface area (Å²) < 4.78 is 0. The summed E-state index contributed by atoms with van der Waals surface area (Å²) in [6, 6.07) is 54.6. The van der Waals surface area contributed by atoms with Crippen LogP contribution < -0.4 is 15.9 Å². The van der Waals surface area contributed by atoms with E-state index in [-0.39, 0.29) is 0 Å². The summed E-state index contributed by atoms with van der Waals surface area (Å²) in [6.45, 7) is 0. The van der Waals surface area contributed by atoms with Crippen molar-refractivity contribution >= 4 is 51.3 Å². The maximum Gasteiger partial charge on any atom is 0.102 e. The van der Waals surface area contributed by atoms with Crippen molar-refractivity contribution < 1.29 is 17.9 Å². The van der Waals surface area contributed by atoms with Gasteiger partial charge < -0.3 is 0 Å². The zero-order chi connectivity index (χ0) is 25.1. The topological polar surface area (TPSA) is 0 Å².